The van der Waals surface area contributed by atoms with Gasteiger partial charge in [-0.1, -0.05) is 12.2 Å². The fraction of sp³-hybridized carbons (Fsp3) is 0.353. The Hall–Kier alpha value is -1.28. The van der Waals surface area contributed by atoms with Crippen LogP contribution in [0.5, 0.6) is 5.75 Å². The highest BCUT2D eigenvalue weighted by Gasteiger charge is 2.28. The first-order chi connectivity index (χ1) is 9.76. The lowest BCUT2D eigenvalue weighted by Gasteiger charge is -2.33. The molecule has 1 aromatic carbocycles. The molecule has 1 unspecified atom stereocenters. The number of nitrogens with zero attached hydrogens (tertiary/aromatic N) is 1. The molecule has 3 rings (SSSR count). The number of benzene rings is 1. The van der Waals surface area contributed by atoms with Crippen molar-refractivity contribution in [2.24, 2.45) is 5.92 Å². The molecule has 0 saturated heterocycles. The van der Waals surface area contributed by atoms with Crippen molar-refractivity contribution in [3.05, 3.63) is 51.1 Å². The molecule has 0 spiro atoms. The molecule has 1 aromatic rings. The molecule has 2 atom stereocenters. The smallest absolute Gasteiger partial charge is 0.119 e. The first-order valence-electron chi connectivity index (χ1n) is 6.98. The quantitative estimate of drug-likeness (QED) is 0.697. The van der Waals surface area contributed by atoms with Gasteiger partial charge in [-0.3, -0.25) is 0 Å². The summed E-state index contributed by atoms with van der Waals surface area (Å²) < 4.78 is 7.48. The molecule has 0 aromatic heterocycles. The summed E-state index contributed by atoms with van der Waals surface area (Å²) in [5, 5.41) is 8.80. The second-order valence-corrected chi connectivity index (χ2v) is 6.53. The average Bonchev–Trinajstić information content (AvgIpc) is 2.49. The predicted octanol–water partition coefficient (Wildman–Crippen LogP) is 4.75. The lowest BCUT2D eigenvalue weighted by molar-refractivity contribution is 0.160. The monoisotopic (exact) mass is 377 g/mol. The summed E-state index contributed by atoms with van der Waals surface area (Å²) in [5.74, 6) is 1.60. The van der Waals surface area contributed by atoms with Gasteiger partial charge in [0.25, 0.3) is 0 Å². The lowest BCUT2D eigenvalue weighted by atomic mass is 9.78. The van der Waals surface area contributed by atoms with E-state index in [2.05, 4.69) is 40.8 Å². The molecule has 2 aliphatic rings. The van der Waals surface area contributed by atoms with Crippen LogP contribution in [-0.4, -0.2) is 6.10 Å². The number of halogens is 1. The number of allylic oxidation sites excluding steroid dienone is 3. The second-order valence-electron chi connectivity index (χ2n) is 5.37. The minimum absolute atomic E-state index is 0.269. The molecule has 1 saturated carbocycles. The van der Waals surface area contributed by atoms with Gasteiger partial charge in [-0.25, -0.2) is 0 Å². The molecule has 102 valence electrons. The number of nitriles is 1. The average molecular weight is 377 g/mol. The van der Waals surface area contributed by atoms with Gasteiger partial charge < -0.3 is 4.74 Å². The van der Waals surface area contributed by atoms with E-state index in [1.165, 1.54) is 16.4 Å². The maximum Gasteiger partial charge on any atom is 0.119 e. The van der Waals surface area contributed by atoms with Crippen LogP contribution in [0.25, 0.3) is 0 Å². The summed E-state index contributed by atoms with van der Waals surface area (Å²) in [7, 11) is 0. The topological polar surface area (TPSA) is 33.0 Å². The molecular weight excluding hydrogens is 361 g/mol. The Morgan fingerprint density at radius 1 is 1.20 bits per heavy atom. The van der Waals surface area contributed by atoms with Crippen LogP contribution in [0.3, 0.4) is 0 Å². The zero-order valence-electron chi connectivity index (χ0n) is 11.2. The van der Waals surface area contributed by atoms with E-state index >= 15 is 0 Å². The van der Waals surface area contributed by atoms with E-state index in [0.717, 1.165) is 24.5 Å². The van der Waals surface area contributed by atoms with Crippen molar-refractivity contribution in [2.75, 3.05) is 0 Å². The fourth-order valence-corrected chi connectivity index (χ4v) is 3.89. The Kier molecular flexibility index (Phi) is 4.11. The summed E-state index contributed by atoms with van der Waals surface area (Å²) in [5.41, 5.74) is 2.24. The maximum atomic E-state index is 8.80. The van der Waals surface area contributed by atoms with Gasteiger partial charge in [0.05, 0.1) is 11.6 Å². The van der Waals surface area contributed by atoms with Gasteiger partial charge in [0.15, 0.2) is 0 Å². The van der Waals surface area contributed by atoms with E-state index in [-0.39, 0.29) is 6.10 Å². The van der Waals surface area contributed by atoms with E-state index in [1.54, 1.807) is 5.57 Å². The summed E-state index contributed by atoms with van der Waals surface area (Å²) >= 11 is 2.44. The number of fused-ring (bicyclic) bond motifs is 1. The third-order valence-corrected chi connectivity index (χ3v) is 5.11. The SMILES string of the molecule is N#Cc1ccc(OC2CC[C@H]3CC=CC(I)=C3C2)cc1. The second kappa shape index (κ2) is 6.01. The molecule has 1 fully saturated rings. The highest BCUT2D eigenvalue weighted by atomic mass is 127. The maximum absolute atomic E-state index is 8.80. The van der Waals surface area contributed by atoms with Gasteiger partial charge in [0.2, 0.25) is 0 Å². The van der Waals surface area contributed by atoms with Crippen LogP contribution in [0.4, 0.5) is 0 Å². The zero-order chi connectivity index (χ0) is 13.9. The molecular formula is C17H16INO. The van der Waals surface area contributed by atoms with Crippen molar-refractivity contribution >= 4 is 22.6 Å². The predicted molar refractivity (Wildman–Crippen MR) is 87.7 cm³/mol. The summed E-state index contributed by atoms with van der Waals surface area (Å²) in [4.78, 5) is 0. The van der Waals surface area contributed by atoms with Crippen molar-refractivity contribution in [2.45, 2.75) is 31.8 Å². The molecule has 2 aliphatic carbocycles. The number of rotatable bonds is 2. The number of hydrogen-bond acceptors (Lipinski definition) is 2. The van der Waals surface area contributed by atoms with Crippen LogP contribution >= 0.6 is 22.6 Å². The summed E-state index contributed by atoms with van der Waals surface area (Å²) in [6.45, 7) is 0. The Balaban J connectivity index is 1.69. The first-order valence-corrected chi connectivity index (χ1v) is 8.06. The minimum Gasteiger partial charge on any atom is -0.490 e. The van der Waals surface area contributed by atoms with Gasteiger partial charge in [0.1, 0.15) is 11.9 Å². The normalized spacial score (nSPS) is 25.0. The molecule has 0 N–H and O–H groups in total. The van der Waals surface area contributed by atoms with Crippen LogP contribution in [0.15, 0.2) is 45.6 Å². The number of ether oxygens (including phenoxy) is 1. The van der Waals surface area contributed by atoms with Gasteiger partial charge >= 0.3 is 0 Å². The van der Waals surface area contributed by atoms with Crippen LogP contribution in [-0.2, 0) is 0 Å². The van der Waals surface area contributed by atoms with Gasteiger partial charge in [0, 0.05) is 10.0 Å². The van der Waals surface area contributed by atoms with Crippen molar-refractivity contribution in [3.63, 3.8) is 0 Å². The molecule has 2 nitrogen and oxygen atoms in total. The molecule has 20 heavy (non-hydrogen) atoms. The van der Waals surface area contributed by atoms with E-state index in [9.17, 15) is 0 Å². The lowest BCUT2D eigenvalue weighted by Crippen LogP contribution is -2.27. The van der Waals surface area contributed by atoms with Gasteiger partial charge in [-0.15, -0.1) is 0 Å². The highest BCUT2D eigenvalue weighted by molar-refractivity contribution is 14.1. The van der Waals surface area contributed by atoms with Gasteiger partial charge in [-0.05, 0) is 77.6 Å². The first kappa shape index (κ1) is 13.7. The van der Waals surface area contributed by atoms with E-state index in [1.807, 2.05) is 24.3 Å². The van der Waals surface area contributed by atoms with Gasteiger partial charge in [-0.2, -0.15) is 5.26 Å². The Bertz CT molecular complexity index is 594. The molecule has 0 aliphatic heterocycles. The Morgan fingerprint density at radius 2 is 2.00 bits per heavy atom. The third-order valence-electron chi connectivity index (χ3n) is 4.06. The number of hydrogen-bond donors (Lipinski definition) is 0. The third kappa shape index (κ3) is 2.90. The van der Waals surface area contributed by atoms with Crippen molar-refractivity contribution < 1.29 is 4.74 Å². The molecule has 0 amide bonds. The summed E-state index contributed by atoms with van der Waals surface area (Å²) in [6.07, 6.45) is 9.34. The fourth-order valence-electron chi connectivity index (χ4n) is 2.97. The van der Waals surface area contributed by atoms with E-state index in [0.29, 0.717) is 5.56 Å². The van der Waals surface area contributed by atoms with Crippen molar-refractivity contribution in [3.8, 4) is 11.8 Å². The van der Waals surface area contributed by atoms with Crippen LogP contribution < -0.4 is 4.74 Å². The largest absolute Gasteiger partial charge is 0.490 e. The molecule has 3 heteroatoms. The minimum atomic E-state index is 0.269. The highest BCUT2D eigenvalue weighted by Crippen LogP contribution is 2.40. The molecule has 0 bridgehead atoms. The van der Waals surface area contributed by atoms with Crippen molar-refractivity contribution in [1.82, 2.24) is 0 Å². The van der Waals surface area contributed by atoms with Crippen LogP contribution in [0, 0.1) is 17.2 Å². The molecule has 0 heterocycles. The Morgan fingerprint density at radius 3 is 2.75 bits per heavy atom. The van der Waals surface area contributed by atoms with Crippen molar-refractivity contribution in [1.29, 1.82) is 5.26 Å². The van der Waals surface area contributed by atoms with E-state index < -0.39 is 0 Å². The van der Waals surface area contributed by atoms with E-state index in [4.69, 9.17) is 10.00 Å². The van der Waals surface area contributed by atoms with Crippen LogP contribution in [0.1, 0.15) is 31.2 Å². The standard InChI is InChI=1S/C17H16INO/c18-17-3-1-2-13-6-9-15(10-16(13)17)20-14-7-4-12(11-19)5-8-14/h1,3-5,7-8,13,15H,2,6,9-10H2/t13-,15?/m1/s1. The molecule has 0 radical (unpaired) electrons. The zero-order valence-corrected chi connectivity index (χ0v) is 13.3. The summed E-state index contributed by atoms with van der Waals surface area (Å²) in [6, 6.07) is 9.54. The van der Waals surface area contributed by atoms with Crippen LogP contribution in [0.2, 0.25) is 0 Å². The Labute approximate surface area is 133 Å².